The number of halogens is 2. The third-order valence-electron chi connectivity index (χ3n) is 3.42. The van der Waals surface area contributed by atoms with Crippen molar-refractivity contribution in [3.05, 3.63) is 58.3 Å². The summed E-state index contributed by atoms with van der Waals surface area (Å²) >= 11 is 3.42. The summed E-state index contributed by atoms with van der Waals surface area (Å²) in [6.45, 7) is 2.05. The second kappa shape index (κ2) is 4.90. The largest absolute Gasteiger partial charge is 0.369 e. The van der Waals surface area contributed by atoms with Gasteiger partial charge in [-0.2, -0.15) is 0 Å². The van der Waals surface area contributed by atoms with E-state index in [9.17, 15) is 4.39 Å². The quantitative estimate of drug-likeness (QED) is 0.766. The molecule has 0 radical (unpaired) electrons. The van der Waals surface area contributed by atoms with Gasteiger partial charge in [0.15, 0.2) is 0 Å². The van der Waals surface area contributed by atoms with Crippen molar-refractivity contribution in [1.82, 2.24) is 9.55 Å². The van der Waals surface area contributed by atoms with Crippen molar-refractivity contribution in [3.63, 3.8) is 0 Å². The van der Waals surface area contributed by atoms with E-state index in [2.05, 4.69) is 20.9 Å². The SMILES string of the molecule is CC(c1ccc(Br)cc1)n1c(N)nc2cc(F)ccc21. The van der Waals surface area contributed by atoms with Crippen LogP contribution >= 0.6 is 15.9 Å². The predicted molar refractivity (Wildman–Crippen MR) is 82.1 cm³/mol. The van der Waals surface area contributed by atoms with Crippen LogP contribution < -0.4 is 5.73 Å². The summed E-state index contributed by atoms with van der Waals surface area (Å²) in [4.78, 5) is 4.23. The Morgan fingerprint density at radius 2 is 1.90 bits per heavy atom. The number of anilines is 1. The van der Waals surface area contributed by atoms with Crippen LogP contribution in [0.2, 0.25) is 0 Å². The number of nitrogens with two attached hydrogens (primary N) is 1. The Morgan fingerprint density at radius 3 is 2.60 bits per heavy atom. The monoisotopic (exact) mass is 333 g/mol. The summed E-state index contributed by atoms with van der Waals surface area (Å²) in [5.41, 5.74) is 8.51. The number of rotatable bonds is 2. The van der Waals surface area contributed by atoms with Gasteiger partial charge in [0.2, 0.25) is 5.95 Å². The molecule has 0 saturated carbocycles. The Balaban J connectivity index is 2.13. The number of nitrogen functional groups attached to an aromatic ring is 1. The van der Waals surface area contributed by atoms with E-state index in [-0.39, 0.29) is 11.9 Å². The average molecular weight is 334 g/mol. The minimum absolute atomic E-state index is 0.0264. The van der Waals surface area contributed by atoms with Gasteiger partial charge in [-0.15, -0.1) is 0 Å². The molecule has 3 rings (SSSR count). The Hall–Kier alpha value is -1.88. The Morgan fingerprint density at radius 1 is 1.20 bits per heavy atom. The first-order valence-corrected chi connectivity index (χ1v) is 7.04. The summed E-state index contributed by atoms with van der Waals surface area (Å²) in [5.74, 6) is 0.0828. The van der Waals surface area contributed by atoms with Gasteiger partial charge in [0.05, 0.1) is 17.1 Å². The Kier molecular flexibility index (Phi) is 3.22. The molecule has 0 aliphatic rings. The Bertz CT molecular complexity index is 765. The number of hydrogen-bond donors (Lipinski definition) is 1. The van der Waals surface area contributed by atoms with Crippen LogP contribution in [0.3, 0.4) is 0 Å². The van der Waals surface area contributed by atoms with Crippen LogP contribution in [0.15, 0.2) is 46.9 Å². The maximum atomic E-state index is 13.3. The van der Waals surface area contributed by atoms with Crippen molar-refractivity contribution in [3.8, 4) is 0 Å². The van der Waals surface area contributed by atoms with Gasteiger partial charge < -0.3 is 10.3 Å². The molecule has 3 nitrogen and oxygen atoms in total. The lowest BCUT2D eigenvalue weighted by Crippen LogP contribution is -2.10. The Labute approximate surface area is 124 Å². The molecule has 5 heteroatoms. The maximum Gasteiger partial charge on any atom is 0.201 e. The molecule has 3 aromatic rings. The van der Waals surface area contributed by atoms with Crippen molar-refractivity contribution in [2.75, 3.05) is 5.73 Å². The van der Waals surface area contributed by atoms with Gasteiger partial charge in [-0.1, -0.05) is 28.1 Å². The fraction of sp³-hybridized carbons (Fsp3) is 0.133. The van der Waals surface area contributed by atoms with Crippen LogP contribution in [-0.4, -0.2) is 9.55 Å². The highest BCUT2D eigenvalue weighted by atomic mass is 79.9. The number of imidazole rings is 1. The van der Waals surface area contributed by atoms with Gasteiger partial charge in [0.25, 0.3) is 0 Å². The van der Waals surface area contributed by atoms with Crippen LogP contribution in [0.1, 0.15) is 18.5 Å². The minimum Gasteiger partial charge on any atom is -0.369 e. The lowest BCUT2D eigenvalue weighted by atomic mass is 10.1. The van der Waals surface area contributed by atoms with Crippen LogP contribution in [-0.2, 0) is 0 Å². The molecule has 0 aliphatic carbocycles. The number of fused-ring (bicyclic) bond motifs is 1. The van der Waals surface area contributed by atoms with E-state index in [1.807, 2.05) is 35.8 Å². The summed E-state index contributed by atoms with van der Waals surface area (Å²) in [6, 6.07) is 12.6. The van der Waals surface area contributed by atoms with Crippen molar-refractivity contribution >= 4 is 32.9 Å². The van der Waals surface area contributed by atoms with Gasteiger partial charge >= 0.3 is 0 Å². The van der Waals surface area contributed by atoms with E-state index < -0.39 is 0 Å². The third kappa shape index (κ3) is 2.18. The molecule has 1 heterocycles. The first kappa shape index (κ1) is 13.1. The van der Waals surface area contributed by atoms with E-state index >= 15 is 0 Å². The maximum absolute atomic E-state index is 13.3. The zero-order valence-electron chi connectivity index (χ0n) is 10.8. The number of nitrogens with zero attached hydrogens (tertiary/aromatic N) is 2. The van der Waals surface area contributed by atoms with Crippen molar-refractivity contribution in [1.29, 1.82) is 0 Å². The molecule has 0 spiro atoms. The molecule has 2 aromatic carbocycles. The van der Waals surface area contributed by atoms with E-state index in [4.69, 9.17) is 5.73 Å². The van der Waals surface area contributed by atoms with Crippen molar-refractivity contribution in [2.24, 2.45) is 0 Å². The minimum atomic E-state index is -0.307. The van der Waals surface area contributed by atoms with E-state index in [0.29, 0.717) is 11.5 Å². The number of hydrogen-bond acceptors (Lipinski definition) is 2. The molecule has 1 aromatic heterocycles. The lowest BCUT2D eigenvalue weighted by molar-refractivity contribution is 0.628. The van der Waals surface area contributed by atoms with Gasteiger partial charge in [0, 0.05) is 10.5 Å². The molecule has 0 amide bonds. The van der Waals surface area contributed by atoms with Crippen LogP contribution in [0, 0.1) is 5.82 Å². The topological polar surface area (TPSA) is 43.8 Å². The molecule has 0 saturated heterocycles. The zero-order valence-corrected chi connectivity index (χ0v) is 12.4. The molecule has 2 N–H and O–H groups in total. The summed E-state index contributed by atoms with van der Waals surface area (Å²) in [5, 5.41) is 0. The fourth-order valence-corrected chi connectivity index (χ4v) is 2.65. The lowest BCUT2D eigenvalue weighted by Gasteiger charge is -2.16. The predicted octanol–water partition coefficient (Wildman–Crippen LogP) is 4.13. The van der Waals surface area contributed by atoms with Gasteiger partial charge in [-0.25, -0.2) is 9.37 Å². The van der Waals surface area contributed by atoms with E-state index in [1.165, 1.54) is 12.1 Å². The third-order valence-corrected chi connectivity index (χ3v) is 3.95. The first-order valence-electron chi connectivity index (χ1n) is 6.24. The van der Waals surface area contributed by atoms with Crippen molar-refractivity contribution in [2.45, 2.75) is 13.0 Å². The summed E-state index contributed by atoms with van der Waals surface area (Å²) < 4.78 is 16.2. The second-order valence-electron chi connectivity index (χ2n) is 4.70. The molecule has 1 unspecified atom stereocenters. The van der Waals surface area contributed by atoms with E-state index in [0.717, 1.165) is 15.6 Å². The van der Waals surface area contributed by atoms with Crippen molar-refractivity contribution < 1.29 is 4.39 Å². The molecular weight excluding hydrogens is 321 g/mol. The number of benzene rings is 2. The molecule has 102 valence electrons. The summed E-state index contributed by atoms with van der Waals surface area (Å²) in [7, 11) is 0. The first-order chi connectivity index (χ1) is 9.56. The molecule has 0 bridgehead atoms. The van der Waals surface area contributed by atoms with Crippen LogP contribution in [0.5, 0.6) is 0 Å². The normalized spacial score (nSPS) is 12.8. The number of aromatic nitrogens is 2. The van der Waals surface area contributed by atoms with Gasteiger partial charge in [-0.05, 0) is 36.8 Å². The second-order valence-corrected chi connectivity index (χ2v) is 5.62. The van der Waals surface area contributed by atoms with Gasteiger partial charge in [-0.3, -0.25) is 0 Å². The summed E-state index contributed by atoms with van der Waals surface area (Å²) in [6.07, 6.45) is 0. The fourth-order valence-electron chi connectivity index (χ4n) is 2.39. The van der Waals surface area contributed by atoms with E-state index in [1.54, 1.807) is 6.07 Å². The molecular formula is C15H13BrFN3. The zero-order chi connectivity index (χ0) is 14.3. The highest BCUT2D eigenvalue weighted by molar-refractivity contribution is 9.10. The average Bonchev–Trinajstić information content (AvgIpc) is 2.73. The van der Waals surface area contributed by atoms with Crippen LogP contribution in [0.25, 0.3) is 11.0 Å². The smallest absolute Gasteiger partial charge is 0.201 e. The molecule has 1 atom stereocenters. The standard InChI is InChI=1S/C15H13BrFN3/c1-9(10-2-4-11(16)5-3-10)20-14-7-6-12(17)8-13(14)19-15(20)18/h2-9H,1H3,(H2,18,19). The molecule has 0 aliphatic heterocycles. The molecule has 20 heavy (non-hydrogen) atoms. The van der Waals surface area contributed by atoms with Gasteiger partial charge in [0.1, 0.15) is 5.82 Å². The highest BCUT2D eigenvalue weighted by Crippen LogP contribution is 2.28. The molecule has 0 fully saturated rings. The highest BCUT2D eigenvalue weighted by Gasteiger charge is 2.15. The van der Waals surface area contributed by atoms with Crippen LogP contribution in [0.4, 0.5) is 10.3 Å².